The summed E-state index contributed by atoms with van der Waals surface area (Å²) in [5.41, 5.74) is 1.40. The number of para-hydroxylation sites is 1. The molecule has 1 fully saturated rings. The second-order valence-corrected chi connectivity index (χ2v) is 10.0. The highest BCUT2D eigenvalue weighted by atomic mass is 79.9. The highest BCUT2D eigenvalue weighted by Gasteiger charge is 2.24. The average molecular weight is 587 g/mol. The van der Waals surface area contributed by atoms with Crippen LogP contribution in [0, 0.1) is 12.7 Å². The Hall–Kier alpha value is -3.21. The summed E-state index contributed by atoms with van der Waals surface area (Å²) in [6.07, 6.45) is 0. The van der Waals surface area contributed by atoms with Crippen molar-refractivity contribution in [1.29, 1.82) is 0 Å². The van der Waals surface area contributed by atoms with Crippen LogP contribution in [-0.2, 0) is 22.6 Å². The molecule has 0 unspecified atom stereocenters. The zero-order chi connectivity index (χ0) is 26.9. The average Bonchev–Trinajstić information content (AvgIpc) is 3.33. The predicted molar refractivity (Wildman–Crippen MR) is 146 cm³/mol. The van der Waals surface area contributed by atoms with Crippen molar-refractivity contribution >= 4 is 33.6 Å². The fourth-order valence-electron chi connectivity index (χ4n) is 4.16. The van der Waals surface area contributed by atoms with E-state index in [-0.39, 0.29) is 37.4 Å². The number of rotatable bonds is 10. The van der Waals surface area contributed by atoms with Gasteiger partial charge in [-0.05, 0) is 64.8 Å². The third-order valence-electron chi connectivity index (χ3n) is 6.30. The number of anilines is 1. The summed E-state index contributed by atoms with van der Waals surface area (Å²) in [5.74, 6) is 0.795. The predicted octanol–water partition coefficient (Wildman–Crippen LogP) is 4.88. The maximum absolute atomic E-state index is 13.7. The molecule has 1 aromatic heterocycles. The monoisotopic (exact) mass is 586 g/mol. The van der Waals surface area contributed by atoms with Crippen molar-refractivity contribution in [3.05, 3.63) is 88.0 Å². The van der Waals surface area contributed by atoms with Gasteiger partial charge in [0.2, 0.25) is 5.91 Å². The summed E-state index contributed by atoms with van der Waals surface area (Å²) in [4.78, 5) is 32.4. The van der Waals surface area contributed by atoms with Gasteiger partial charge in [0.05, 0.1) is 25.4 Å². The van der Waals surface area contributed by atoms with Crippen LogP contribution in [0.15, 0.2) is 69.6 Å². The first-order valence-electron chi connectivity index (χ1n) is 12.6. The van der Waals surface area contributed by atoms with Gasteiger partial charge in [-0.15, -0.1) is 0 Å². The van der Waals surface area contributed by atoms with Crippen molar-refractivity contribution in [2.24, 2.45) is 0 Å². The smallest absolute Gasteiger partial charge is 0.322 e. The van der Waals surface area contributed by atoms with E-state index in [2.05, 4.69) is 26.1 Å². The fraction of sp³-hybridized carbons (Fsp3) is 0.357. The number of carbonyl (C=O) groups excluding carboxylic acids is 2. The Bertz CT molecular complexity index is 1210. The van der Waals surface area contributed by atoms with Crippen molar-refractivity contribution < 1.29 is 23.1 Å². The van der Waals surface area contributed by atoms with E-state index in [1.54, 1.807) is 23.1 Å². The Kier molecular flexibility index (Phi) is 9.91. The molecule has 2 heterocycles. The van der Waals surface area contributed by atoms with Gasteiger partial charge < -0.3 is 24.3 Å². The summed E-state index contributed by atoms with van der Waals surface area (Å²) < 4.78 is 25.4. The Balaban J connectivity index is 1.51. The molecule has 3 aromatic rings. The van der Waals surface area contributed by atoms with Gasteiger partial charge in [-0.25, -0.2) is 9.18 Å². The Morgan fingerprint density at radius 3 is 2.42 bits per heavy atom. The van der Waals surface area contributed by atoms with E-state index in [9.17, 15) is 14.0 Å². The highest BCUT2D eigenvalue weighted by Crippen LogP contribution is 2.22. The maximum Gasteiger partial charge on any atom is 0.322 e. The number of aryl methyl sites for hydroxylation is 1. The molecule has 1 saturated heterocycles. The minimum atomic E-state index is -0.367. The van der Waals surface area contributed by atoms with Crippen molar-refractivity contribution in [2.45, 2.75) is 20.0 Å². The topological polar surface area (TPSA) is 78.3 Å². The van der Waals surface area contributed by atoms with E-state index in [0.29, 0.717) is 37.8 Å². The third kappa shape index (κ3) is 8.14. The molecule has 0 aliphatic carbocycles. The zero-order valence-corrected chi connectivity index (χ0v) is 23.0. The first kappa shape index (κ1) is 27.8. The molecule has 202 valence electrons. The lowest BCUT2D eigenvalue weighted by molar-refractivity contribution is -0.133. The van der Waals surface area contributed by atoms with Gasteiger partial charge in [-0.1, -0.05) is 24.3 Å². The number of hydrogen-bond donors (Lipinski definition) is 1. The molecule has 1 aliphatic heterocycles. The molecule has 10 heteroatoms. The van der Waals surface area contributed by atoms with E-state index >= 15 is 0 Å². The van der Waals surface area contributed by atoms with Gasteiger partial charge in [0.15, 0.2) is 0 Å². The molecule has 0 saturated carbocycles. The van der Waals surface area contributed by atoms with E-state index in [1.165, 1.54) is 17.0 Å². The van der Waals surface area contributed by atoms with E-state index in [4.69, 9.17) is 9.15 Å². The highest BCUT2D eigenvalue weighted by molar-refractivity contribution is 9.10. The molecular weight excluding hydrogens is 555 g/mol. The maximum atomic E-state index is 13.7. The minimum absolute atomic E-state index is 0.124. The number of halogens is 2. The van der Waals surface area contributed by atoms with E-state index in [1.807, 2.05) is 37.3 Å². The Morgan fingerprint density at radius 2 is 1.74 bits per heavy atom. The van der Waals surface area contributed by atoms with Gasteiger partial charge in [0, 0.05) is 37.2 Å². The number of nitrogens with zero attached hydrogens (tertiary/aromatic N) is 3. The van der Waals surface area contributed by atoms with Gasteiger partial charge in [0.1, 0.15) is 23.9 Å². The first-order chi connectivity index (χ1) is 18.4. The van der Waals surface area contributed by atoms with Gasteiger partial charge >= 0.3 is 6.03 Å². The van der Waals surface area contributed by atoms with Gasteiger partial charge in [-0.3, -0.25) is 9.69 Å². The lowest BCUT2D eigenvalue weighted by atomic mass is 10.2. The molecule has 0 radical (unpaired) electrons. The lowest BCUT2D eigenvalue weighted by Gasteiger charge is -2.31. The van der Waals surface area contributed by atoms with Crippen LogP contribution in [0.2, 0.25) is 0 Å². The molecule has 1 aliphatic rings. The largest absolute Gasteiger partial charge is 0.464 e. The van der Waals surface area contributed by atoms with Crippen LogP contribution in [0.3, 0.4) is 0 Å². The Morgan fingerprint density at radius 1 is 1.00 bits per heavy atom. The van der Waals surface area contributed by atoms with Crippen molar-refractivity contribution in [2.75, 3.05) is 51.3 Å². The molecule has 2 aromatic carbocycles. The summed E-state index contributed by atoms with van der Waals surface area (Å²) in [7, 11) is 0. The van der Waals surface area contributed by atoms with Crippen LogP contribution in [0.25, 0.3) is 0 Å². The molecule has 4 rings (SSSR count). The summed E-state index contributed by atoms with van der Waals surface area (Å²) in [5, 5.41) is 2.92. The van der Waals surface area contributed by atoms with Crippen LogP contribution < -0.4 is 5.32 Å². The summed E-state index contributed by atoms with van der Waals surface area (Å²) in [6.45, 7) is 6.05. The lowest BCUT2D eigenvalue weighted by Crippen LogP contribution is -2.48. The van der Waals surface area contributed by atoms with Crippen LogP contribution in [0.4, 0.5) is 14.9 Å². The molecule has 0 bridgehead atoms. The van der Waals surface area contributed by atoms with Gasteiger partial charge in [-0.2, -0.15) is 0 Å². The van der Waals surface area contributed by atoms with Crippen molar-refractivity contribution in [1.82, 2.24) is 14.7 Å². The number of morpholine rings is 1. The minimum Gasteiger partial charge on any atom is -0.464 e. The number of urea groups is 1. The number of furan rings is 1. The molecule has 8 nitrogen and oxygen atoms in total. The quantitative estimate of drug-likeness (QED) is 0.366. The number of benzene rings is 2. The fourth-order valence-corrected chi connectivity index (χ4v) is 4.54. The number of amides is 3. The van der Waals surface area contributed by atoms with Crippen molar-refractivity contribution in [3.8, 4) is 0 Å². The van der Waals surface area contributed by atoms with Gasteiger partial charge in [0.25, 0.3) is 0 Å². The Labute approximate surface area is 230 Å². The first-order valence-corrected chi connectivity index (χ1v) is 13.3. The zero-order valence-electron chi connectivity index (χ0n) is 21.4. The second-order valence-electron chi connectivity index (χ2n) is 9.17. The third-order valence-corrected chi connectivity index (χ3v) is 6.99. The van der Waals surface area contributed by atoms with Crippen LogP contribution in [0.5, 0.6) is 0 Å². The van der Waals surface area contributed by atoms with E-state index < -0.39 is 0 Å². The molecule has 38 heavy (non-hydrogen) atoms. The molecule has 1 N–H and O–H groups in total. The van der Waals surface area contributed by atoms with Crippen LogP contribution in [-0.4, -0.2) is 72.6 Å². The van der Waals surface area contributed by atoms with Crippen molar-refractivity contribution in [3.63, 3.8) is 0 Å². The van der Waals surface area contributed by atoms with Crippen LogP contribution >= 0.6 is 15.9 Å². The standard InChI is InChI=1S/C28H32BrFN4O4/c1-21-6-11-24(38-21)19-34(18-22-7-9-23(30)10-8-22)27(35)20-33(13-12-32-14-16-37-17-15-32)28(36)31-26-5-3-2-4-25(26)29/h2-11H,12-20H2,1H3,(H,31,36). The number of ether oxygens (including phenoxy) is 1. The molecule has 3 amide bonds. The summed E-state index contributed by atoms with van der Waals surface area (Å²) in [6, 6.07) is 16.7. The molecule has 0 atom stereocenters. The molecular formula is C28H32BrFN4O4. The number of nitrogens with one attached hydrogen (secondary N) is 1. The molecule has 0 spiro atoms. The SMILES string of the molecule is Cc1ccc(CN(Cc2ccc(F)cc2)C(=O)CN(CCN2CCOCC2)C(=O)Nc2ccccc2Br)o1. The number of carbonyl (C=O) groups is 2. The number of hydrogen-bond acceptors (Lipinski definition) is 5. The second kappa shape index (κ2) is 13.5. The van der Waals surface area contributed by atoms with Crippen LogP contribution in [0.1, 0.15) is 17.1 Å². The summed E-state index contributed by atoms with van der Waals surface area (Å²) >= 11 is 3.46. The van der Waals surface area contributed by atoms with E-state index in [0.717, 1.165) is 28.9 Å². The normalized spacial score (nSPS) is 13.8.